The van der Waals surface area contributed by atoms with Crippen LogP contribution in [-0.4, -0.2) is 25.9 Å². The molecule has 2 heterocycles. The number of fused-ring (bicyclic) bond motifs is 1. The maximum Gasteiger partial charge on any atom is 0.453 e. The molecule has 0 N–H and O–H groups in total. The molecule has 0 atom stereocenters. The van der Waals surface area contributed by atoms with Gasteiger partial charge in [-0.2, -0.15) is 17.7 Å². The van der Waals surface area contributed by atoms with Gasteiger partial charge in [0.05, 0.1) is 0 Å². The number of hydrogen-bond donors (Lipinski definition) is 0. The zero-order chi connectivity index (χ0) is 17.6. The minimum atomic E-state index is -4.63. The molecule has 25 heavy (non-hydrogen) atoms. The monoisotopic (exact) mass is 351 g/mol. The summed E-state index contributed by atoms with van der Waals surface area (Å²) in [5, 5.41) is 10.8. The Morgan fingerprint density at radius 1 is 1.04 bits per heavy atom. The summed E-state index contributed by atoms with van der Waals surface area (Å²) >= 11 is 0. The third kappa shape index (κ3) is 3.13. The number of rotatable bonds is 4. The van der Waals surface area contributed by atoms with Gasteiger partial charge < -0.3 is 4.90 Å². The highest BCUT2D eigenvalue weighted by Gasteiger charge is 2.38. The lowest BCUT2D eigenvalue weighted by Crippen LogP contribution is -2.27. The smallest absolute Gasteiger partial charge is 0.348 e. The summed E-state index contributed by atoms with van der Waals surface area (Å²) in [7, 11) is 0. The number of anilines is 1. The Bertz CT molecular complexity index is 899. The fraction of sp³-hybridized carbons (Fsp3) is 0.312. The molecule has 1 aromatic carbocycles. The largest absolute Gasteiger partial charge is 0.453 e. The second-order valence-corrected chi connectivity index (χ2v) is 5.97. The molecule has 1 aliphatic rings. The number of aromatic nitrogens is 4. The number of halogens is 4. The van der Waals surface area contributed by atoms with Gasteiger partial charge in [-0.3, -0.25) is 0 Å². The van der Waals surface area contributed by atoms with Crippen LogP contribution in [0.15, 0.2) is 36.4 Å². The second kappa shape index (κ2) is 5.68. The molecular formula is C16H13F4N5. The van der Waals surface area contributed by atoms with Crippen LogP contribution >= 0.6 is 0 Å². The Hall–Kier alpha value is -2.71. The predicted octanol–water partition coefficient (Wildman–Crippen LogP) is 3.45. The number of hydrogen-bond acceptors (Lipinski definition) is 4. The van der Waals surface area contributed by atoms with Gasteiger partial charge in [-0.25, -0.2) is 4.39 Å². The van der Waals surface area contributed by atoms with Crippen molar-refractivity contribution < 1.29 is 17.6 Å². The van der Waals surface area contributed by atoms with E-state index < -0.39 is 12.0 Å². The predicted molar refractivity (Wildman–Crippen MR) is 81.4 cm³/mol. The van der Waals surface area contributed by atoms with Crippen molar-refractivity contribution in [1.82, 2.24) is 19.8 Å². The molecule has 9 heteroatoms. The van der Waals surface area contributed by atoms with Gasteiger partial charge >= 0.3 is 6.18 Å². The third-order valence-electron chi connectivity index (χ3n) is 4.05. The topological polar surface area (TPSA) is 46.3 Å². The van der Waals surface area contributed by atoms with E-state index in [-0.39, 0.29) is 17.5 Å². The van der Waals surface area contributed by atoms with Crippen LogP contribution in [0, 0.1) is 5.82 Å². The molecule has 1 saturated carbocycles. The highest BCUT2D eigenvalue weighted by atomic mass is 19.4. The molecule has 0 bridgehead atoms. The summed E-state index contributed by atoms with van der Waals surface area (Å²) in [6.07, 6.45) is -2.75. The van der Waals surface area contributed by atoms with Gasteiger partial charge in [0.1, 0.15) is 11.6 Å². The molecule has 0 saturated heterocycles. The fourth-order valence-electron chi connectivity index (χ4n) is 2.68. The molecule has 0 aliphatic heterocycles. The minimum Gasteiger partial charge on any atom is -0.348 e. The van der Waals surface area contributed by atoms with Gasteiger partial charge in [0.25, 0.3) is 5.82 Å². The van der Waals surface area contributed by atoms with Crippen LogP contribution < -0.4 is 4.90 Å². The lowest BCUT2D eigenvalue weighted by atomic mass is 10.2. The maximum atomic E-state index is 13.1. The van der Waals surface area contributed by atoms with Crippen LogP contribution in [0.5, 0.6) is 0 Å². The average molecular weight is 351 g/mol. The molecule has 3 aromatic rings. The minimum absolute atomic E-state index is 0.0357. The van der Waals surface area contributed by atoms with Crippen molar-refractivity contribution in [2.24, 2.45) is 0 Å². The maximum absolute atomic E-state index is 13.1. The fourth-order valence-corrected chi connectivity index (χ4v) is 2.68. The van der Waals surface area contributed by atoms with Crippen LogP contribution in [0.4, 0.5) is 23.4 Å². The highest BCUT2D eigenvalue weighted by Crippen LogP contribution is 2.33. The van der Waals surface area contributed by atoms with Crippen molar-refractivity contribution in [3.8, 4) is 0 Å². The van der Waals surface area contributed by atoms with Crippen molar-refractivity contribution in [2.45, 2.75) is 31.6 Å². The van der Waals surface area contributed by atoms with Crippen LogP contribution in [0.1, 0.15) is 24.2 Å². The summed E-state index contributed by atoms with van der Waals surface area (Å²) in [6.45, 7) is 0.437. The van der Waals surface area contributed by atoms with E-state index in [1.54, 1.807) is 18.2 Å². The molecule has 4 rings (SSSR count). The van der Waals surface area contributed by atoms with E-state index in [2.05, 4.69) is 15.3 Å². The van der Waals surface area contributed by atoms with Gasteiger partial charge in [0.2, 0.25) is 0 Å². The second-order valence-electron chi connectivity index (χ2n) is 5.97. The van der Waals surface area contributed by atoms with Gasteiger partial charge in [-0.15, -0.1) is 15.3 Å². The van der Waals surface area contributed by atoms with Crippen LogP contribution in [0.2, 0.25) is 0 Å². The Balaban J connectivity index is 1.71. The van der Waals surface area contributed by atoms with E-state index in [9.17, 15) is 17.6 Å². The summed E-state index contributed by atoms with van der Waals surface area (Å²) in [4.78, 5) is 1.92. The lowest BCUT2D eigenvalue weighted by Gasteiger charge is -2.23. The SMILES string of the molecule is Fc1ccc(CN(c2ccc3nnc(C(F)(F)F)n3n2)C2CC2)cc1. The normalized spacial score (nSPS) is 14.9. The molecule has 0 amide bonds. The molecule has 5 nitrogen and oxygen atoms in total. The van der Waals surface area contributed by atoms with E-state index >= 15 is 0 Å². The zero-order valence-corrected chi connectivity index (χ0v) is 12.9. The quantitative estimate of drug-likeness (QED) is 0.676. The first-order valence-electron chi connectivity index (χ1n) is 7.72. The molecule has 0 unspecified atom stereocenters. The van der Waals surface area contributed by atoms with E-state index in [4.69, 9.17) is 0 Å². The first-order valence-corrected chi connectivity index (χ1v) is 7.72. The summed E-state index contributed by atoms with van der Waals surface area (Å²) < 4.78 is 52.9. The Kier molecular flexibility index (Phi) is 3.59. The van der Waals surface area contributed by atoms with Crippen LogP contribution in [0.3, 0.4) is 0 Å². The van der Waals surface area contributed by atoms with Crippen molar-refractivity contribution in [3.63, 3.8) is 0 Å². The Labute approximate surface area is 139 Å². The molecular weight excluding hydrogens is 338 g/mol. The first-order chi connectivity index (χ1) is 11.9. The molecule has 130 valence electrons. The molecule has 2 aromatic heterocycles. The van der Waals surface area contributed by atoms with Gasteiger partial charge in [0.15, 0.2) is 5.65 Å². The molecule has 0 radical (unpaired) electrons. The van der Waals surface area contributed by atoms with Crippen LogP contribution in [-0.2, 0) is 12.7 Å². The van der Waals surface area contributed by atoms with Gasteiger partial charge in [-0.05, 0) is 42.7 Å². The van der Waals surface area contributed by atoms with Crippen molar-refractivity contribution >= 4 is 11.5 Å². The lowest BCUT2D eigenvalue weighted by molar-refractivity contribution is -0.146. The van der Waals surface area contributed by atoms with E-state index in [0.717, 1.165) is 22.9 Å². The highest BCUT2D eigenvalue weighted by molar-refractivity contribution is 5.48. The van der Waals surface area contributed by atoms with Gasteiger partial charge in [-0.1, -0.05) is 12.1 Å². The van der Waals surface area contributed by atoms with Crippen LogP contribution in [0.25, 0.3) is 5.65 Å². The van der Waals surface area contributed by atoms with E-state index in [0.29, 0.717) is 12.4 Å². The van der Waals surface area contributed by atoms with Gasteiger partial charge in [0, 0.05) is 12.6 Å². The number of benzene rings is 1. The van der Waals surface area contributed by atoms with Crippen molar-refractivity contribution in [3.05, 3.63) is 53.6 Å². The zero-order valence-electron chi connectivity index (χ0n) is 12.9. The number of nitrogens with zero attached hydrogens (tertiary/aromatic N) is 5. The third-order valence-corrected chi connectivity index (χ3v) is 4.05. The summed E-state index contributed by atoms with van der Waals surface area (Å²) in [5.41, 5.74) is 0.892. The Morgan fingerprint density at radius 2 is 1.76 bits per heavy atom. The summed E-state index contributed by atoms with van der Waals surface area (Å²) in [6, 6.07) is 9.33. The number of alkyl halides is 3. The summed E-state index contributed by atoms with van der Waals surface area (Å²) in [5.74, 6) is -1.08. The Morgan fingerprint density at radius 3 is 2.40 bits per heavy atom. The standard InChI is InChI=1S/C16H13F4N5/c17-11-3-1-10(2-4-11)9-24(12-5-6-12)14-8-7-13-21-22-15(16(18,19)20)25(13)23-14/h1-4,7-8,12H,5-6,9H2. The van der Waals surface area contributed by atoms with E-state index in [1.807, 2.05) is 4.90 Å². The molecule has 1 fully saturated rings. The van der Waals surface area contributed by atoms with Crippen molar-refractivity contribution in [1.29, 1.82) is 0 Å². The first kappa shape index (κ1) is 15.8. The van der Waals surface area contributed by atoms with Crippen molar-refractivity contribution in [2.75, 3.05) is 4.90 Å². The van der Waals surface area contributed by atoms with E-state index in [1.165, 1.54) is 18.2 Å². The average Bonchev–Trinajstić information content (AvgIpc) is 3.31. The molecule has 1 aliphatic carbocycles. The molecule has 0 spiro atoms.